The summed E-state index contributed by atoms with van der Waals surface area (Å²) >= 11 is 6.30. The van der Waals surface area contributed by atoms with Gasteiger partial charge in [-0.1, -0.05) is 60.7 Å². The van der Waals surface area contributed by atoms with Crippen molar-refractivity contribution in [1.29, 1.82) is 0 Å². The Bertz CT molecular complexity index is 1180. The highest BCUT2D eigenvalue weighted by Crippen LogP contribution is 2.42. The maximum absolute atomic E-state index is 6.30. The van der Waals surface area contributed by atoms with Gasteiger partial charge in [0.25, 0.3) is 0 Å². The third kappa shape index (κ3) is 2.04. The first-order valence-electron chi connectivity index (χ1n) is 7.67. The topological polar surface area (TPSA) is 26.3 Å². The fourth-order valence-electron chi connectivity index (χ4n) is 3.34. The molecular formula is C20H12ClO2P. The van der Waals surface area contributed by atoms with E-state index in [1.165, 1.54) is 10.8 Å². The van der Waals surface area contributed by atoms with Gasteiger partial charge < -0.3 is 8.39 Å². The molecule has 0 fully saturated rings. The molecule has 0 aliphatic rings. The Morgan fingerprint density at radius 2 is 1.04 bits per heavy atom. The van der Waals surface area contributed by atoms with Gasteiger partial charge in [0.05, 0.1) is 0 Å². The van der Waals surface area contributed by atoms with Crippen molar-refractivity contribution in [1.82, 2.24) is 0 Å². The van der Waals surface area contributed by atoms with Gasteiger partial charge in [-0.2, -0.15) is 0 Å². The largest absolute Gasteiger partial charge is 0.408 e. The van der Waals surface area contributed by atoms with Crippen molar-refractivity contribution < 1.29 is 8.39 Å². The molecule has 4 aromatic carbocycles. The first kappa shape index (κ1) is 14.0. The lowest BCUT2D eigenvalue weighted by Gasteiger charge is -2.05. The average molecular weight is 351 g/mol. The molecule has 1 aromatic heterocycles. The Kier molecular flexibility index (Phi) is 3.09. The highest BCUT2D eigenvalue weighted by Gasteiger charge is 2.11. The molecule has 0 saturated carbocycles. The molecule has 0 amide bonds. The Hall–Kier alpha value is -2.41. The molecule has 0 radical (unpaired) electrons. The molecule has 0 unspecified atom stereocenters. The molecule has 2 nitrogen and oxygen atoms in total. The summed E-state index contributed by atoms with van der Waals surface area (Å²) in [5.41, 5.74) is 1.54. The van der Waals surface area contributed by atoms with E-state index in [0.29, 0.717) is 0 Å². The Morgan fingerprint density at radius 1 is 0.583 bits per heavy atom. The molecule has 0 saturated heterocycles. The fourth-order valence-corrected chi connectivity index (χ4v) is 4.44. The molecule has 0 spiro atoms. The molecule has 5 rings (SSSR count). The molecule has 4 heteroatoms. The second-order valence-corrected chi connectivity index (χ2v) is 7.33. The van der Waals surface area contributed by atoms with Crippen molar-refractivity contribution in [2.45, 2.75) is 0 Å². The molecule has 0 N–H and O–H groups in total. The van der Waals surface area contributed by atoms with Crippen LogP contribution < -0.4 is 0 Å². The van der Waals surface area contributed by atoms with Crippen LogP contribution in [0, 0.1) is 0 Å². The SMILES string of the molecule is Clp1oc2ccc3ccccc3c2c2c(ccc3ccccc32)o1. The van der Waals surface area contributed by atoms with E-state index in [1.807, 2.05) is 36.4 Å². The average Bonchev–Trinajstić information content (AvgIpc) is 2.77. The second kappa shape index (κ2) is 5.31. The van der Waals surface area contributed by atoms with Crippen molar-refractivity contribution >= 4 is 62.1 Å². The highest BCUT2D eigenvalue weighted by atomic mass is 35.7. The predicted molar refractivity (Wildman–Crippen MR) is 103 cm³/mol. The van der Waals surface area contributed by atoms with E-state index in [9.17, 15) is 0 Å². The van der Waals surface area contributed by atoms with Crippen molar-refractivity contribution in [3.63, 3.8) is 0 Å². The maximum atomic E-state index is 6.30. The summed E-state index contributed by atoms with van der Waals surface area (Å²) in [6.07, 6.45) is 0. The minimum absolute atomic E-state index is 0.768. The van der Waals surface area contributed by atoms with Crippen LogP contribution in [0.3, 0.4) is 0 Å². The first-order valence-corrected chi connectivity index (χ1v) is 9.75. The monoisotopic (exact) mass is 350 g/mol. The zero-order valence-corrected chi connectivity index (χ0v) is 14.2. The van der Waals surface area contributed by atoms with Gasteiger partial charge in [0.2, 0.25) is 0 Å². The maximum Gasteiger partial charge on any atom is 0.327 e. The number of benzene rings is 4. The quantitative estimate of drug-likeness (QED) is 0.287. The van der Waals surface area contributed by atoms with Crippen LogP contribution in [0.1, 0.15) is 0 Å². The number of rotatable bonds is 0. The number of hydrogen-bond acceptors (Lipinski definition) is 2. The molecule has 0 bridgehead atoms. The summed E-state index contributed by atoms with van der Waals surface area (Å²) < 4.78 is 11.8. The number of fused-ring (bicyclic) bond motifs is 7. The van der Waals surface area contributed by atoms with Gasteiger partial charge in [-0.25, -0.2) is 0 Å². The van der Waals surface area contributed by atoms with Gasteiger partial charge in [0, 0.05) is 22.0 Å². The van der Waals surface area contributed by atoms with Crippen LogP contribution in [-0.2, 0) is 0 Å². The van der Waals surface area contributed by atoms with Gasteiger partial charge in [0.1, 0.15) is 11.2 Å². The molecule has 24 heavy (non-hydrogen) atoms. The summed E-state index contributed by atoms with van der Waals surface area (Å²) in [5.74, 6) is 0. The van der Waals surface area contributed by atoms with Crippen LogP contribution in [-0.4, -0.2) is 0 Å². The molecule has 1 heterocycles. The van der Waals surface area contributed by atoms with Gasteiger partial charge >= 0.3 is 7.37 Å². The van der Waals surface area contributed by atoms with Crippen LogP contribution in [0.5, 0.6) is 0 Å². The normalized spacial score (nSPS) is 11.5. The third-order valence-corrected chi connectivity index (χ3v) is 5.47. The fraction of sp³-hybridized carbons (Fsp3) is 0. The third-order valence-electron chi connectivity index (χ3n) is 4.37. The van der Waals surface area contributed by atoms with Crippen molar-refractivity contribution in [2.24, 2.45) is 0 Å². The molecule has 0 aliphatic carbocycles. The zero-order valence-electron chi connectivity index (χ0n) is 12.6. The lowest BCUT2D eigenvalue weighted by atomic mass is 9.99. The van der Waals surface area contributed by atoms with E-state index in [2.05, 4.69) is 36.4 Å². The smallest absolute Gasteiger partial charge is 0.327 e. The Labute approximate surface area is 143 Å². The summed E-state index contributed by atoms with van der Waals surface area (Å²) in [7, 11) is -1.53. The standard InChI is InChI=1S/C20H12ClO2P/c21-24-22-17-11-9-13-5-1-3-7-15(13)19(17)20-16-8-4-2-6-14(16)10-12-18(20)23-24/h1-12H. The van der Waals surface area contributed by atoms with E-state index in [-0.39, 0.29) is 0 Å². The van der Waals surface area contributed by atoms with Crippen LogP contribution in [0.2, 0.25) is 0 Å². The van der Waals surface area contributed by atoms with E-state index in [1.54, 1.807) is 0 Å². The lowest BCUT2D eigenvalue weighted by molar-refractivity contribution is 0.657. The van der Waals surface area contributed by atoms with E-state index >= 15 is 0 Å². The van der Waals surface area contributed by atoms with Crippen LogP contribution >= 0.6 is 18.6 Å². The van der Waals surface area contributed by atoms with Gasteiger partial charge in [0.15, 0.2) is 0 Å². The van der Waals surface area contributed by atoms with Crippen molar-refractivity contribution in [3.05, 3.63) is 72.8 Å². The first-order chi connectivity index (χ1) is 11.8. The molecule has 0 atom stereocenters. The number of hydrogen-bond donors (Lipinski definition) is 0. The summed E-state index contributed by atoms with van der Waals surface area (Å²) in [6.45, 7) is 0. The Morgan fingerprint density at radius 3 is 1.54 bits per heavy atom. The van der Waals surface area contributed by atoms with E-state index < -0.39 is 7.37 Å². The van der Waals surface area contributed by atoms with Crippen LogP contribution in [0.15, 0.2) is 81.2 Å². The summed E-state index contributed by atoms with van der Waals surface area (Å²) in [4.78, 5) is 0. The van der Waals surface area contributed by atoms with Gasteiger partial charge in [-0.05, 0) is 33.7 Å². The van der Waals surface area contributed by atoms with E-state index in [0.717, 1.165) is 32.7 Å². The second-order valence-electron chi connectivity index (χ2n) is 5.71. The van der Waals surface area contributed by atoms with Crippen LogP contribution in [0.25, 0.3) is 43.5 Å². The minimum atomic E-state index is -1.53. The molecule has 116 valence electrons. The minimum Gasteiger partial charge on any atom is -0.408 e. The van der Waals surface area contributed by atoms with Gasteiger partial charge in [-0.15, -0.1) is 0 Å². The van der Waals surface area contributed by atoms with Gasteiger partial charge in [-0.3, -0.25) is 0 Å². The zero-order chi connectivity index (χ0) is 16.1. The van der Waals surface area contributed by atoms with E-state index in [4.69, 9.17) is 19.6 Å². The predicted octanol–water partition coefficient (Wildman–Crippen LogP) is 7.60. The molecule has 0 aliphatic heterocycles. The van der Waals surface area contributed by atoms with Crippen LogP contribution in [0.4, 0.5) is 0 Å². The summed E-state index contributed by atoms with van der Waals surface area (Å²) in [5, 5.41) is 6.70. The Balaban J connectivity index is 2.23. The highest BCUT2D eigenvalue weighted by molar-refractivity contribution is 7.68. The summed E-state index contributed by atoms with van der Waals surface area (Å²) in [6, 6.07) is 24.7. The van der Waals surface area contributed by atoms with Crippen molar-refractivity contribution in [3.8, 4) is 0 Å². The molecule has 5 aromatic rings. The lowest BCUT2D eigenvalue weighted by Crippen LogP contribution is -1.79. The molecular weight excluding hydrogens is 339 g/mol. The van der Waals surface area contributed by atoms with Crippen molar-refractivity contribution in [2.75, 3.05) is 0 Å². The number of halogens is 1.